The van der Waals surface area contributed by atoms with Crippen molar-refractivity contribution in [2.24, 2.45) is 4.99 Å². The zero-order valence-electron chi connectivity index (χ0n) is 8.54. The molecule has 1 aliphatic rings. The van der Waals surface area contributed by atoms with Crippen LogP contribution in [0.25, 0.3) is 0 Å². The van der Waals surface area contributed by atoms with E-state index >= 15 is 0 Å². The SMILES string of the molecule is O=C(O)C=CC1COC(c2ccccc2)=N1. The topological polar surface area (TPSA) is 58.9 Å². The normalized spacial score (nSPS) is 19.5. The molecule has 0 bridgehead atoms. The first kappa shape index (κ1) is 10.4. The fourth-order valence-corrected chi connectivity index (χ4v) is 1.42. The van der Waals surface area contributed by atoms with E-state index < -0.39 is 5.97 Å². The average molecular weight is 217 g/mol. The molecule has 0 saturated heterocycles. The third-order valence-corrected chi connectivity index (χ3v) is 2.16. The molecule has 1 unspecified atom stereocenters. The van der Waals surface area contributed by atoms with Crippen molar-refractivity contribution in [2.75, 3.05) is 6.61 Å². The molecule has 0 fully saturated rings. The summed E-state index contributed by atoms with van der Waals surface area (Å²) in [5.74, 6) is -0.399. The Balaban J connectivity index is 2.10. The maximum absolute atomic E-state index is 10.3. The smallest absolute Gasteiger partial charge is 0.328 e. The molecule has 0 aromatic heterocycles. The number of hydrogen-bond acceptors (Lipinski definition) is 3. The Morgan fingerprint density at radius 1 is 1.44 bits per heavy atom. The standard InChI is InChI=1S/C12H11NO3/c14-11(15)7-6-10-8-16-12(13-10)9-4-2-1-3-5-9/h1-7,10H,8H2,(H,14,15). The quantitative estimate of drug-likeness (QED) is 0.780. The van der Waals surface area contributed by atoms with E-state index in [1.807, 2.05) is 30.3 Å². The maximum Gasteiger partial charge on any atom is 0.328 e. The highest BCUT2D eigenvalue weighted by molar-refractivity contribution is 5.95. The molecule has 1 aliphatic heterocycles. The molecule has 1 aromatic carbocycles. The maximum atomic E-state index is 10.3. The van der Waals surface area contributed by atoms with Crippen LogP contribution in [0.4, 0.5) is 0 Å². The van der Waals surface area contributed by atoms with Crippen LogP contribution in [0.15, 0.2) is 47.5 Å². The Kier molecular flexibility index (Phi) is 3.00. The van der Waals surface area contributed by atoms with Gasteiger partial charge in [0, 0.05) is 11.6 Å². The van der Waals surface area contributed by atoms with Gasteiger partial charge in [0.1, 0.15) is 12.6 Å². The Hall–Kier alpha value is -2.10. The lowest BCUT2D eigenvalue weighted by atomic mass is 10.2. The number of benzene rings is 1. The second kappa shape index (κ2) is 4.61. The lowest BCUT2D eigenvalue weighted by Gasteiger charge is -1.99. The van der Waals surface area contributed by atoms with E-state index in [0.29, 0.717) is 12.5 Å². The van der Waals surface area contributed by atoms with Crippen molar-refractivity contribution >= 4 is 11.9 Å². The summed E-state index contributed by atoms with van der Waals surface area (Å²) in [4.78, 5) is 14.6. The van der Waals surface area contributed by atoms with Crippen LogP contribution in [-0.4, -0.2) is 29.6 Å². The monoisotopic (exact) mass is 217 g/mol. The first-order valence-electron chi connectivity index (χ1n) is 4.93. The number of nitrogens with zero attached hydrogens (tertiary/aromatic N) is 1. The molecular formula is C12H11NO3. The van der Waals surface area contributed by atoms with Crippen molar-refractivity contribution in [1.29, 1.82) is 0 Å². The molecule has 2 rings (SSSR count). The summed E-state index contributed by atoms with van der Waals surface area (Å²) in [5.41, 5.74) is 0.911. The second-order valence-electron chi connectivity index (χ2n) is 3.38. The number of aliphatic imine (C=N–C) groups is 1. The van der Waals surface area contributed by atoms with Crippen LogP contribution in [0.3, 0.4) is 0 Å². The molecule has 0 saturated carbocycles. The van der Waals surface area contributed by atoms with Gasteiger partial charge in [0.25, 0.3) is 0 Å². The lowest BCUT2D eigenvalue weighted by molar-refractivity contribution is -0.131. The number of carbonyl (C=O) groups is 1. The molecule has 1 atom stereocenters. The minimum Gasteiger partial charge on any atom is -0.478 e. The number of hydrogen-bond donors (Lipinski definition) is 1. The van der Waals surface area contributed by atoms with E-state index in [9.17, 15) is 4.79 Å². The van der Waals surface area contributed by atoms with Gasteiger partial charge < -0.3 is 9.84 Å². The fraction of sp³-hybridized carbons (Fsp3) is 0.167. The number of carboxylic acid groups (broad SMARTS) is 1. The second-order valence-corrected chi connectivity index (χ2v) is 3.38. The minimum absolute atomic E-state index is 0.202. The van der Waals surface area contributed by atoms with Gasteiger partial charge >= 0.3 is 5.97 Å². The predicted molar refractivity (Wildman–Crippen MR) is 59.5 cm³/mol. The molecule has 82 valence electrons. The number of carboxylic acids is 1. The fourth-order valence-electron chi connectivity index (χ4n) is 1.42. The molecule has 1 N–H and O–H groups in total. The lowest BCUT2D eigenvalue weighted by Crippen LogP contribution is -2.03. The van der Waals surface area contributed by atoms with Gasteiger partial charge in [-0.25, -0.2) is 9.79 Å². The molecule has 4 heteroatoms. The van der Waals surface area contributed by atoms with Crippen LogP contribution >= 0.6 is 0 Å². The number of ether oxygens (including phenoxy) is 1. The summed E-state index contributed by atoms with van der Waals surface area (Å²) in [6, 6.07) is 9.33. The first-order valence-corrected chi connectivity index (χ1v) is 4.93. The van der Waals surface area contributed by atoms with Crippen LogP contribution < -0.4 is 0 Å². The van der Waals surface area contributed by atoms with Crippen LogP contribution in [0, 0.1) is 0 Å². The van der Waals surface area contributed by atoms with Gasteiger partial charge in [-0.15, -0.1) is 0 Å². The van der Waals surface area contributed by atoms with Crippen LogP contribution in [0.2, 0.25) is 0 Å². The Morgan fingerprint density at radius 3 is 2.88 bits per heavy atom. The first-order chi connectivity index (χ1) is 7.75. The highest BCUT2D eigenvalue weighted by Crippen LogP contribution is 2.12. The molecule has 1 heterocycles. The third kappa shape index (κ3) is 2.48. The highest BCUT2D eigenvalue weighted by atomic mass is 16.5. The van der Waals surface area contributed by atoms with Gasteiger partial charge in [0.2, 0.25) is 5.90 Å². The van der Waals surface area contributed by atoms with E-state index in [-0.39, 0.29) is 6.04 Å². The van der Waals surface area contributed by atoms with Crippen LogP contribution in [0.5, 0.6) is 0 Å². The van der Waals surface area contributed by atoms with Crippen molar-refractivity contribution < 1.29 is 14.6 Å². The van der Waals surface area contributed by atoms with Crippen molar-refractivity contribution in [2.45, 2.75) is 6.04 Å². The van der Waals surface area contributed by atoms with Gasteiger partial charge in [0.05, 0.1) is 0 Å². The highest BCUT2D eigenvalue weighted by Gasteiger charge is 2.17. The molecule has 1 aromatic rings. The molecule has 0 spiro atoms. The van der Waals surface area contributed by atoms with E-state index in [1.165, 1.54) is 6.08 Å². The number of aliphatic carboxylic acids is 1. The molecule has 0 radical (unpaired) electrons. The summed E-state index contributed by atoms with van der Waals surface area (Å²) in [7, 11) is 0. The predicted octanol–water partition coefficient (Wildman–Crippen LogP) is 1.47. The molecule has 4 nitrogen and oxygen atoms in total. The van der Waals surface area contributed by atoms with Crippen LogP contribution in [-0.2, 0) is 9.53 Å². The Labute approximate surface area is 92.9 Å². The Morgan fingerprint density at radius 2 is 2.19 bits per heavy atom. The van der Waals surface area contributed by atoms with E-state index in [4.69, 9.17) is 9.84 Å². The molecule has 0 amide bonds. The molecule has 0 aliphatic carbocycles. The van der Waals surface area contributed by atoms with E-state index in [2.05, 4.69) is 4.99 Å². The molecule has 16 heavy (non-hydrogen) atoms. The van der Waals surface area contributed by atoms with E-state index in [0.717, 1.165) is 11.6 Å². The average Bonchev–Trinajstić information content (AvgIpc) is 2.76. The van der Waals surface area contributed by atoms with Crippen molar-refractivity contribution in [3.8, 4) is 0 Å². The minimum atomic E-state index is -0.969. The van der Waals surface area contributed by atoms with Gasteiger partial charge in [-0.05, 0) is 18.2 Å². The van der Waals surface area contributed by atoms with Crippen molar-refractivity contribution in [3.63, 3.8) is 0 Å². The van der Waals surface area contributed by atoms with Gasteiger partial charge in [-0.1, -0.05) is 18.2 Å². The summed E-state index contributed by atoms with van der Waals surface area (Å²) < 4.78 is 5.39. The zero-order valence-corrected chi connectivity index (χ0v) is 8.54. The van der Waals surface area contributed by atoms with Crippen molar-refractivity contribution in [3.05, 3.63) is 48.0 Å². The summed E-state index contributed by atoms with van der Waals surface area (Å²) in [6.07, 6.45) is 2.61. The third-order valence-electron chi connectivity index (χ3n) is 2.16. The van der Waals surface area contributed by atoms with Crippen LogP contribution in [0.1, 0.15) is 5.56 Å². The van der Waals surface area contributed by atoms with Crippen molar-refractivity contribution in [1.82, 2.24) is 0 Å². The van der Waals surface area contributed by atoms with Gasteiger partial charge in [0.15, 0.2) is 0 Å². The van der Waals surface area contributed by atoms with E-state index in [1.54, 1.807) is 0 Å². The summed E-state index contributed by atoms with van der Waals surface area (Å²) in [5, 5.41) is 8.48. The molecular weight excluding hydrogens is 206 g/mol. The summed E-state index contributed by atoms with van der Waals surface area (Å²) >= 11 is 0. The van der Waals surface area contributed by atoms with Gasteiger partial charge in [-0.2, -0.15) is 0 Å². The summed E-state index contributed by atoms with van der Waals surface area (Å²) in [6.45, 7) is 0.397. The number of rotatable bonds is 3. The zero-order chi connectivity index (χ0) is 11.4. The largest absolute Gasteiger partial charge is 0.478 e. The Bertz CT molecular complexity index is 437. The van der Waals surface area contributed by atoms with Gasteiger partial charge in [-0.3, -0.25) is 0 Å².